The van der Waals surface area contributed by atoms with E-state index in [1.807, 2.05) is 54.0 Å². The summed E-state index contributed by atoms with van der Waals surface area (Å²) >= 11 is 0. The normalized spacial score (nSPS) is 18.7. The van der Waals surface area contributed by atoms with Crippen molar-refractivity contribution in [3.8, 4) is 0 Å². The van der Waals surface area contributed by atoms with Gasteiger partial charge in [0.15, 0.2) is 0 Å². The zero-order valence-corrected chi connectivity index (χ0v) is 16.5. The van der Waals surface area contributed by atoms with Gasteiger partial charge in [-0.3, -0.25) is 19.6 Å². The molecule has 2 aliphatic heterocycles. The second-order valence-electron chi connectivity index (χ2n) is 7.95. The number of carbonyl (C=O) groups excluding carboxylic acids is 2. The van der Waals surface area contributed by atoms with Crippen LogP contribution in [0.2, 0.25) is 0 Å². The van der Waals surface area contributed by atoms with Crippen LogP contribution in [0.1, 0.15) is 53.1 Å². The van der Waals surface area contributed by atoms with Crippen molar-refractivity contribution >= 4 is 11.8 Å². The molecule has 28 heavy (non-hydrogen) atoms. The molecular formula is C22H26N4O2. The number of rotatable bonds is 3. The predicted molar refractivity (Wildman–Crippen MR) is 106 cm³/mol. The van der Waals surface area contributed by atoms with E-state index in [1.165, 1.54) is 0 Å². The van der Waals surface area contributed by atoms with Gasteiger partial charge in [0.05, 0.1) is 17.8 Å². The molecule has 4 rings (SSSR count). The van der Waals surface area contributed by atoms with E-state index in [0.29, 0.717) is 31.6 Å². The molecule has 0 atom stereocenters. The Morgan fingerprint density at radius 2 is 1.86 bits per heavy atom. The average Bonchev–Trinajstić information content (AvgIpc) is 2.98. The van der Waals surface area contributed by atoms with Crippen LogP contribution in [-0.4, -0.2) is 50.2 Å². The maximum Gasteiger partial charge on any atom is 0.255 e. The lowest BCUT2D eigenvalue weighted by atomic mass is 9.84. The van der Waals surface area contributed by atoms with Gasteiger partial charge >= 0.3 is 0 Å². The Bertz CT molecular complexity index is 886. The Morgan fingerprint density at radius 1 is 1.07 bits per heavy atom. The van der Waals surface area contributed by atoms with Crippen LogP contribution in [0.5, 0.6) is 0 Å². The summed E-state index contributed by atoms with van der Waals surface area (Å²) < 4.78 is 0. The number of carbonyl (C=O) groups is 2. The minimum atomic E-state index is -0.148. The summed E-state index contributed by atoms with van der Waals surface area (Å²) in [6.07, 6.45) is 4.73. The monoisotopic (exact) mass is 378 g/mol. The minimum Gasteiger partial charge on any atom is -0.338 e. The van der Waals surface area contributed by atoms with Gasteiger partial charge < -0.3 is 9.80 Å². The van der Waals surface area contributed by atoms with Crippen molar-refractivity contribution in [2.45, 2.75) is 51.6 Å². The number of aromatic nitrogens is 2. The fraction of sp³-hybridized carbons (Fsp3) is 0.455. The van der Waals surface area contributed by atoms with Crippen LogP contribution in [0.15, 0.2) is 36.5 Å². The lowest BCUT2D eigenvalue weighted by Gasteiger charge is -2.45. The largest absolute Gasteiger partial charge is 0.338 e. The molecule has 0 bridgehead atoms. The number of hydrogen-bond donors (Lipinski definition) is 0. The molecule has 6 nitrogen and oxygen atoms in total. The SMILES string of the molecule is Cc1ccc(C(=O)N2CCC3(CCC(=O)N3Cc3cccc(C)n3)CC2)cn1. The molecule has 2 aromatic heterocycles. The molecule has 0 N–H and O–H groups in total. The molecule has 4 heterocycles. The van der Waals surface area contributed by atoms with Gasteiger partial charge in [0.1, 0.15) is 0 Å². The molecule has 2 saturated heterocycles. The molecule has 0 aromatic carbocycles. The number of pyridine rings is 2. The molecule has 2 fully saturated rings. The average molecular weight is 378 g/mol. The van der Waals surface area contributed by atoms with Gasteiger partial charge in [0, 0.05) is 42.6 Å². The third-order valence-electron chi connectivity index (χ3n) is 6.08. The molecule has 2 aliphatic rings. The van der Waals surface area contributed by atoms with E-state index < -0.39 is 0 Å². The number of nitrogens with zero attached hydrogens (tertiary/aromatic N) is 4. The van der Waals surface area contributed by atoms with Crippen molar-refractivity contribution in [2.75, 3.05) is 13.1 Å². The molecule has 0 aliphatic carbocycles. The van der Waals surface area contributed by atoms with E-state index in [0.717, 1.165) is 36.3 Å². The second kappa shape index (κ2) is 7.34. The summed E-state index contributed by atoms with van der Waals surface area (Å²) in [4.78, 5) is 38.1. The second-order valence-corrected chi connectivity index (χ2v) is 7.95. The highest BCUT2D eigenvalue weighted by molar-refractivity contribution is 5.94. The summed E-state index contributed by atoms with van der Waals surface area (Å²) in [6.45, 7) is 5.76. The van der Waals surface area contributed by atoms with Gasteiger partial charge in [-0.1, -0.05) is 6.07 Å². The Balaban J connectivity index is 1.46. The van der Waals surface area contributed by atoms with E-state index in [-0.39, 0.29) is 17.4 Å². The van der Waals surface area contributed by atoms with Crippen molar-refractivity contribution in [3.63, 3.8) is 0 Å². The van der Waals surface area contributed by atoms with Crippen molar-refractivity contribution in [3.05, 3.63) is 59.2 Å². The molecule has 146 valence electrons. The summed E-state index contributed by atoms with van der Waals surface area (Å²) in [6, 6.07) is 9.64. The molecular weight excluding hydrogens is 352 g/mol. The number of amides is 2. The fourth-order valence-corrected chi connectivity index (χ4v) is 4.40. The number of aryl methyl sites for hydroxylation is 2. The first-order valence-corrected chi connectivity index (χ1v) is 9.92. The summed E-state index contributed by atoms with van der Waals surface area (Å²) in [5.41, 5.74) is 3.28. The van der Waals surface area contributed by atoms with Crippen LogP contribution >= 0.6 is 0 Å². The van der Waals surface area contributed by atoms with Crippen LogP contribution in [-0.2, 0) is 11.3 Å². The molecule has 0 radical (unpaired) electrons. The first-order chi connectivity index (χ1) is 13.5. The topological polar surface area (TPSA) is 66.4 Å². The van der Waals surface area contributed by atoms with Crippen molar-refractivity contribution in [2.24, 2.45) is 0 Å². The van der Waals surface area contributed by atoms with Crippen LogP contribution in [0, 0.1) is 13.8 Å². The zero-order valence-electron chi connectivity index (χ0n) is 16.5. The maximum absolute atomic E-state index is 12.8. The van der Waals surface area contributed by atoms with Crippen LogP contribution in [0.3, 0.4) is 0 Å². The number of hydrogen-bond acceptors (Lipinski definition) is 4. The predicted octanol–water partition coefficient (Wildman–Crippen LogP) is 2.89. The highest BCUT2D eigenvalue weighted by Gasteiger charge is 2.47. The summed E-state index contributed by atoms with van der Waals surface area (Å²) in [7, 11) is 0. The Labute approximate surface area is 165 Å². The quantitative estimate of drug-likeness (QED) is 0.824. The molecule has 2 amide bonds. The minimum absolute atomic E-state index is 0.0265. The van der Waals surface area contributed by atoms with Gasteiger partial charge in [0.2, 0.25) is 5.91 Å². The Hall–Kier alpha value is -2.76. The maximum atomic E-state index is 12.8. The Kier molecular flexibility index (Phi) is 4.87. The van der Waals surface area contributed by atoms with Crippen LogP contribution in [0.4, 0.5) is 0 Å². The molecule has 2 aromatic rings. The van der Waals surface area contributed by atoms with Gasteiger partial charge in [-0.25, -0.2) is 0 Å². The highest BCUT2D eigenvalue weighted by atomic mass is 16.2. The first kappa shape index (κ1) is 18.6. The van der Waals surface area contributed by atoms with Crippen LogP contribution in [0.25, 0.3) is 0 Å². The third kappa shape index (κ3) is 3.51. The number of likely N-dealkylation sites (tertiary alicyclic amines) is 2. The first-order valence-electron chi connectivity index (χ1n) is 9.92. The van der Waals surface area contributed by atoms with Crippen molar-refractivity contribution < 1.29 is 9.59 Å². The van der Waals surface area contributed by atoms with E-state index in [2.05, 4.69) is 9.97 Å². The van der Waals surface area contributed by atoms with Crippen molar-refractivity contribution in [1.82, 2.24) is 19.8 Å². The van der Waals surface area contributed by atoms with Gasteiger partial charge in [-0.05, 0) is 57.4 Å². The number of piperidine rings is 1. The van der Waals surface area contributed by atoms with E-state index in [4.69, 9.17) is 0 Å². The zero-order chi connectivity index (χ0) is 19.7. The molecule has 0 saturated carbocycles. The van der Waals surface area contributed by atoms with E-state index in [9.17, 15) is 9.59 Å². The van der Waals surface area contributed by atoms with E-state index in [1.54, 1.807) is 6.20 Å². The van der Waals surface area contributed by atoms with E-state index >= 15 is 0 Å². The van der Waals surface area contributed by atoms with Gasteiger partial charge in [-0.2, -0.15) is 0 Å². The molecule has 1 spiro atoms. The van der Waals surface area contributed by atoms with Crippen LogP contribution < -0.4 is 0 Å². The smallest absolute Gasteiger partial charge is 0.255 e. The standard InChI is InChI=1S/C22H26N4O2/c1-16-6-7-18(14-23-16)21(28)25-12-10-22(11-13-25)9-8-20(27)26(22)15-19-5-3-4-17(2)24-19/h3-7,14H,8-13,15H2,1-2H3. The van der Waals surface area contributed by atoms with Crippen molar-refractivity contribution in [1.29, 1.82) is 0 Å². The molecule has 6 heteroatoms. The highest BCUT2D eigenvalue weighted by Crippen LogP contribution is 2.40. The fourth-order valence-electron chi connectivity index (χ4n) is 4.40. The summed E-state index contributed by atoms with van der Waals surface area (Å²) in [5, 5.41) is 0. The lowest BCUT2D eigenvalue weighted by molar-refractivity contribution is -0.133. The third-order valence-corrected chi connectivity index (χ3v) is 6.08. The molecule has 0 unspecified atom stereocenters. The van der Waals surface area contributed by atoms with Gasteiger partial charge in [0.25, 0.3) is 5.91 Å². The lowest BCUT2D eigenvalue weighted by Crippen LogP contribution is -2.53. The summed E-state index contributed by atoms with van der Waals surface area (Å²) in [5.74, 6) is 0.226. The Morgan fingerprint density at radius 3 is 2.54 bits per heavy atom. The van der Waals surface area contributed by atoms with Gasteiger partial charge in [-0.15, -0.1) is 0 Å².